The predicted octanol–water partition coefficient (Wildman–Crippen LogP) is 4.67. The third-order valence-electron chi connectivity index (χ3n) is 2.39. The van der Waals surface area contributed by atoms with Crippen molar-refractivity contribution in [3.05, 3.63) is 52.1 Å². The Kier molecular flexibility index (Phi) is 3.89. The van der Waals surface area contributed by atoms with Crippen LogP contribution in [0.2, 0.25) is 0 Å². The number of halogens is 3. The molecule has 0 aliphatic heterocycles. The van der Waals surface area contributed by atoms with Gasteiger partial charge < -0.3 is 9.15 Å². The van der Waals surface area contributed by atoms with E-state index in [2.05, 4.69) is 31.9 Å². The van der Waals surface area contributed by atoms with Gasteiger partial charge in [0.1, 0.15) is 0 Å². The molecule has 0 aliphatic rings. The van der Waals surface area contributed by atoms with Crippen molar-refractivity contribution in [1.82, 2.24) is 0 Å². The molecule has 0 amide bonds. The standard InChI is InChI=1S/C12H9Br2FO2/c1-16-10-3-2-7(6-9(10)15)11(13)8-4-5-17-12(8)14/h2-6,11H,1H3. The van der Waals surface area contributed by atoms with Crippen LogP contribution < -0.4 is 4.74 Å². The van der Waals surface area contributed by atoms with Gasteiger partial charge in [-0.25, -0.2) is 4.39 Å². The van der Waals surface area contributed by atoms with Gasteiger partial charge in [-0.05, 0) is 39.7 Å². The largest absolute Gasteiger partial charge is 0.494 e. The van der Waals surface area contributed by atoms with E-state index in [1.54, 1.807) is 18.4 Å². The average Bonchev–Trinajstić information content (AvgIpc) is 2.74. The zero-order valence-electron chi connectivity index (χ0n) is 8.91. The molecule has 0 aliphatic carbocycles. The highest BCUT2D eigenvalue weighted by molar-refractivity contribution is 9.10. The summed E-state index contributed by atoms with van der Waals surface area (Å²) in [5.41, 5.74) is 1.71. The molecule has 5 heteroatoms. The van der Waals surface area contributed by atoms with Crippen molar-refractivity contribution in [3.8, 4) is 5.75 Å². The van der Waals surface area contributed by atoms with E-state index in [0.29, 0.717) is 4.67 Å². The SMILES string of the molecule is COc1ccc(C(Br)c2ccoc2Br)cc1F. The fourth-order valence-electron chi connectivity index (χ4n) is 1.50. The predicted molar refractivity (Wildman–Crippen MR) is 70.1 cm³/mol. The first-order chi connectivity index (χ1) is 8.13. The second-order valence-corrected chi connectivity index (χ2v) is 5.04. The second kappa shape index (κ2) is 5.23. The maximum absolute atomic E-state index is 13.6. The molecule has 0 bridgehead atoms. The number of rotatable bonds is 3. The summed E-state index contributed by atoms with van der Waals surface area (Å²) < 4.78 is 24.2. The molecule has 0 N–H and O–H groups in total. The number of alkyl halides is 1. The number of furan rings is 1. The molecule has 0 saturated carbocycles. The maximum Gasteiger partial charge on any atom is 0.173 e. The van der Waals surface area contributed by atoms with Crippen LogP contribution in [0.1, 0.15) is 16.0 Å². The van der Waals surface area contributed by atoms with Gasteiger partial charge >= 0.3 is 0 Å². The summed E-state index contributed by atoms with van der Waals surface area (Å²) in [6, 6.07) is 6.68. The Morgan fingerprint density at radius 3 is 2.65 bits per heavy atom. The van der Waals surface area contributed by atoms with Gasteiger partial charge in [-0.2, -0.15) is 0 Å². The van der Waals surface area contributed by atoms with Crippen LogP contribution in [-0.4, -0.2) is 7.11 Å². The highest BCUT2D eigenvalue weighted by atomic mass is 79.9. The minimum atomic E-state index is -0.380. The van der Waals surface area contributed by atoms with Crippen LogP contribution in [0, 0.1) is 5.82 Å². The van der Waals surface area contributed by atoms with Crippen molar-refractivity contribution in [2.45, 2.75) is 4.83 Å². The van der Waals surface area contributed by atoms with Gasteiger partial charge in [0.05, 0.1) is 18.2 Å². The maximum atomic E-state index is 13.6. The van der Waals surface area contributed by atoms with Crippen molar-refractivity contribution in [1.29, 1.82) is 0 Å². The van der Waals surface area contributed by atoms with Crippen molar-refractivity contribution in [2.24, 2.45) is 0 Å². The third-order valence-corrected chi connectivity index (χ3v) is 4.05. The number of hydrogen-bond acceptors (Lipinski definition) is 2. The topological polar surface area (TPSA) is 22.4 Å². The van der Waals surface area contributed by atoms with Crippen molar-refractivity contribution >= 4 is 31.9 Å². The first-order valence-corrected chi connectivity index (χ1v) is 6.54. The number of methoxy groups -OCH3 is 1. The second-order valence-electron chi connectivity index (χ2n) is 3.41. The van der Waals surface area contributed by atoms with Crippen molar-refractivity contribution < 1.29 is 13.5 Å². The van der Waals surface area contributed by atoms with Crippen LogP contribution in [-0.2, 0) is 0 Å². The Morgan fingerprint density at radius 2 is 2.12 bits per heavy atom. The number of benzene rings is 1. The molecule has 1 heterocycles. The van der Waals surface area contributed by atoms with Gasteiger partial charge in [0.15, 0.2) is 16.2 Å². The highest BCUT2D eigenvalue weighted by Gasteiger charge is 2.17. The lowest BCUT2D eigenvalue weighted by Gasteiger charge is -2.10. The summed E-state index contributed by atoms with van der Waals surface area (Å²) in [5, 5.41) is 0. The fraction of sp³-hybridized carbons (Fsp3) is 0.167. The quantitative estimate of drug-likeness (QED) is 0.739. The Bertz CT molecular complexity index is 525. The van der Waals surface area contributed by atoms with Gasteiger partial charge in [0.2, 0.25) is 0 Å². The van der Waals surface area contributed by atoms with E-state index in [4.69, 9.17) is 9.15 Å². The molecule has 90 valence electrons. The molecule has 2 aromatic rings. The molecule has 0 radical (unpaired) electrons. The Balaban J connectivity index is 2.35. The Morgan fingerprint density at radius 1 is 1.35 bits per heavy atom. The Labute approximate surface area is 115 Å². The minimum Gasteiger partial charge on any atom is -0.494 e. The molecule has 1 unspecified atom stereocenters. The van der Waals surface area contributed by atoms with E-state index >= 15 is 0 Å². The summed E-state index contributed by atoms with van der Waals surface area (Å²) in [7, 11) is 1.44. The normalized spacial score (nSPS) is 12.5. The molecular weight excluding hydrogens is 355 g/mol. The van der Waals surface area contributed by atoms with E-state index in [1.807, 2.05) is 6.07 Å². The van der Waals surface area contributed by atoms with Gasteiger partial charge in [0.25, 0.3) is 0 Å². The van der Waals surface area contributed by atoms with Crippen LogP contribution in [0.25, 0.3) is 0 Å². The molecule has 1 aromatic heterocycles. The van der Waals surface area contributed by atoms with Crippen LogP contribution in [0.4, 0.5) is 4.39 Å². The van der Waals surface area contributed by atoms with Crippen LogP contribution in [0.5, 0.6) is 5.75 Å². The Hall–Kier alpha value is -0.810. The van der Waals surface area contributed by atoms with Crippen molar-refractivity contribution in [2.75, 3.05) is 7.11 Å². The number of hydrogen-bond donors (Lipinski definition) is 0. The first kappa shape index (κ1) is 12.6. The van der Waals surface area contributed by atoms with E-state index in [9.17, 15) is 4.39 Å². The molecule has 0 saturated heterocycles. The number of ether oxygens (including phenoxy) is 1. The molecular formula is C12H9Br2FO2. The van der Waals surface area contributed by atoms with E-state index in [0.717, 1.165) is 11.1 Å². The molecule has 0 fully saturated rings. The van der Waals surface area contributed by atoms with Gasteiger partial charge in [0, 0.05) is 5.56 Å². The summed E-state index contributed by atoms with van der Waals surface area (Å²) >= 11 is 6.80. The summed E-state index contributed by atoms with van der Waals surface area (Å²) in [5.74, 6) is -0.145. The molecule has 2 nitrogen and oxygen atoms in total. The lowest BCUT2D eigenvalue weighted by molar-refractivity contribution is 0.386. The molecule has 0 spiro atoms. The smallest absolute Gasteiger partial charge is 0.173 e. The van der Waals surface area contributed by atoms with Gasteiger partial charge in [-0.15, -0.1) is 0 Å². The monoisotopic (exact) mass is 362 g/mol. The fourth-order valence-corrected chi connectivity index (χ4v) is 2.93. The summed E-state index contributed by atoms with van der Waals surface area (Å²) in [6.07, 6.45) is 1.58. The van der Waals surface area contributed by atoms with E-state index in [1.165, 1.54) is 13.2 Å². The van der Waals surface area contributed by atoms with Gasteiger partial charge in [-0.3, -0.25) is 0 Å². The average molecular weight is 364 g/mol. The van der Waals surface area contributed by atoms with Crippen LogP contribution >= 0.6 is 31.9 Å². The van der Waals surface area contributed by atoms with Gasteiger partial charge in [-0.1, -0.05) is 22.0 Å². The minimum absolute atomic E-state index is 0.129. The van der Waals surface area contributed by atoms with Crippen LogP contribution in [0.3, 0.4) is 0 Å². The zero-order valence-corrected chi connectivity index (χ0v) is 12.1. The summed E-state index contributed by atoms with van der Waals surface area (Å²) in [4.78, 5) is -0.129. The third kappa shape index (κ3) is 2.55. The lowest BCUT2D eigenvalue weighted by atomic mass is 10.1. The molecule has 1 aromatic carbocycles. The highest BCUT2D eigenvalue weighted by Crippen LogP contribution is 2.37. The molecule has 17 heavy (non-hydrogen) atoms. The summed E-state index contributed by atoms with van der Waals surface area (Å²) in [6.45, 7) is 0. The lowest BCUT2D eigenvalue weighted by Crippen LogP contribution is -1.95. The zero-order chi connectivity index (χ0) is 12.4. The van der Waals surface area contributed by atoms with Crippen LogP contribution in [0.15, 0.2) is 39.6 Å². The molecule has 2 rings (SSSR count). The molecule has 1 atom stereocenters. The first-order valence-electron chi connectivity index (χ1n) is 4.84. The van der Waals surface area contributed by atoms with E-state index < -0.39 is 0 Å². The van der Waals surface area contributed by atoms with E-state index in [-0.39, 0.29) is 16.4 Å². The van der Waals surface area contributed by atoms with Crippen molar-refractivity contribution in [3.63, 3.8) is 0 Å².